The molecule has 0 aliphatic carbocycles. The number of nitrogen functional groups attached to an aromatic ring is 2. The van der Waals surface area contributed by atoms with Gasteiger partial charge in [-0.3, -0.25) is 0 Å². The molecule has 0 aliphatic heterocycles. The lowest BCUT2D eigenvalue weighted by Crippen LogP contribution is -2.11. The maximum absolute atomic E-state index is 5.29. The van der Waals surface area contributed by atoms with Crippen molar-refractivity contribution in [1.82, 2.24) is 9.97 Å². The summed E-state index contributed by atoms with van der Waals surface area (Å²) >= 11 is 0. The Morgan fingerprint density at radius 1 is 1.55 bits per heavy atom. The van der Waals surface area contributed by atoms with Gasteiger partial charge in [-0.25, -0.2) is 10.8 Å². The summed E-state index contributed by atoms with van der Waals surface area (Å²) in [6, 6.07) is 0. The molecular weight excluding hydrogens is 166 g/mol. The zero-order valence-corrected chi connectivity index (χ0v) is 6.85. The molecule has 0 spiro atoms. The molecule has 5 nitrogen and oxygen atoms in total. The molecule has 0 bridgehead atoms. The molecule has 0 amide bonds. The van der Waals surface area contributed by atoms with Crippen LogP contribution >= 0.6 is 12.4 Å². The van der Waals surface area contributed by atoms with Gasteiger partial charge >= 0.3 is 0 Å². The Morgan fingerprint density at radius 2 is 2.18 bits per heavy atom. The van der Waals surface area contributed by atoms with Crippen LogP contribution in [0.4, 0.5) is 11.8 Å². The Balaban J connectivity index is 0.000001000. The molecular formula is C5H10ClN5. The van der Waals surface area contributed by atoms with Gasteiger partial charge in [0.15, 0.2) is 0 Å². The highest BCUT2D eigenvalue weighted by atomic mass is 35.5. The van der Waals surface area contributed by atoms with E-state index in [0.29, 0.717) is 5.82 Å². The topological polar surface area (TPSA) is 89.8 Å². The SMILES string of the molecule is Cc1cnc(N)nc1NN.Cl. The van der Waals surface area contributed by atoms with E-state index in [0.717, 1.165) is 5.56 Å². The van der Waals surface area contributed by atoms with Crippen LogP contribution in [-0.2, 0) is 0 Å². The molecule has 6 heteroatoms. The Bertz CT molecular complexity index is 238. The van der Waals surface area contributed by atoms with Crippen LogP contribution in [0.3, 0.4) is 0 Å². The third-order valence-corrected chi connectivity index (χ3v) is 1.13. The van der Waals surface area contributed by atoms with Gasteiger partial charge in [0.25, 0.3) is 0 Å². The van der Waals surface area contributed by atoms with Gasteiger partial charge in [-0.15, -0.1) is 12.4 Å². The summed E-state index contributed by atoms with van der Waals surface area (Å²) in [5, 5.41) is 0. The van der Waals surface area contributed by atoms with Gasteiger partial charge in [0.05, 0.1) is 0 Å². The van der Waals surface area contributed by atoms with Gasteiger partial charge in [-0.2, -0.15) is 4.98 Å². The van der Waals surface area contributed by atoms with Crippen molar-refractivity contribution in [3.63, 3.8) is 0 Å². The Hall–Kier alpha value is -1.07. The van der Waals surface area contributed by atoms with E-state index in [2.05, 4.69) is 15.4 Å². The van der Waals surface area contributed by atoms with Crippen LogP contribution in [0.25, 0.3) is 0 Å². The van der Waals surface area contributed by atoms with Crippen LogP contribution in [0.2, 0.25) is 0 Å². The molecule has 1 heterocycles. The number of halogens is 1. The number of aromatic nitrogens is 2. The summed E-state index contributed by atoms with van der Waals surface area (Å²) in [7, 11) is 0. The number of nitrogens with two attached hydrogens (primary N) is 2. The second-order valence-corrected chi connectivity index (χ2v) is 1.90. The second-order valence-electron chi connectivity index (χ2n) is 1.90. The number of hydrogen-bond acceptors (Lipinski definition) is 5. The molecule has 11 heavy (non-hydrogen) atoms. The fraction of sp³-hybridized carbons (Fsp3) is 0.200. The highest BCUT2D eigenvalue weighted by molar-refractivity contribution is 5.85. The number of nitrogens with one attached hydrogen (secondary N) is 1. The predicted octanol–water partition coefficient (Wildman–Crippen LogP) is 0.0746. The van der Waals surface area contributed by atoms with E-state index in [1.165, 1.54) is 0 Å². The zero-order chi connectivity index (χ0) is 7.56. The number of aryl methyl sites for hydroxylation is 1. The molecule has 0 unspecified atom stereocenters. The fourth-order valence-corrected chi connectivity index (χ4v) is 0.602. The predicted molar refractivity (Wildman–Crippen MR) is 46.2 cm³/mol. The van der Waals surface area contributed by atoms with Gasteiger partial charge in [0.2, 0.25) is 5.95 Å². The Labute approximate surface area is 70.6 Å². The van der Waals surface area contributed by atoms with Gasteiger partial charge in [0.1, 0.15) is 5.82 Å². The maximum Gasteiger partial charge on any atom is 0.221 e. The lowest BCUT2D eigenvalue weighted by Gasteiger charge is -2.01. The van der Waals surface area contributed by atoms with Crippen LogP contribution in [0.1, 0.15) is 5.56 Å². The number of hydrogen-bond donors (Lipinski definition) is 3. The molecule has 0 fully saturated rings. The molecule has 5 N–H and O–H groups in total. The maximum atomic E-state index is 5.29. The standard InChI is InChI=1S/C5H9N5.ClH/c1-3-2-8-5(6)9-4(3)10-7;/h2H,7H2,1H3,(H3,6,8,9,10);1H. The van der Waals surface area contributed by atoms with Gasteiger partial charge in [0, 0.05) is 11.8 Å². The van der Waals surface area contributed by atoms with E-state index in [1.807, 2.05) is 6.92 Å². The van der Waals surface area contributed by atoms with Crippen LogP contribution in [-0.4, -0.2) is 9.97 Å². The largest absolute Gasteiger partial charge is 0.368 e. The third kappa shape index (κ3) is 2.21. The first kappa shape index (κ1) is 9.93. The van der Waals surface area contributed by atoms with E-state index in [9.17, 15) is 0 Å². The Morgan fingerprint density at radius 3 is 2.64 bits per heavy atom. The second kappa shape index (κ2) is 3.95. The quantitative estimate of drug-likeness (QED) is 0.415. The normalized spacial score (nSPS) is 8.55. The van der Waals surface area contributed by atoms with E-state index in [1.54, 1.807) is 6.20 Å². The van der Waals surface area contributed by atoms with Crippen molar-refractivity contribution in [3.05, 3.63) is 11.8 Å². The third-order valence-electron chi connectivity index (χ3n) is 1.13. The van der Waals surface area contributed by atoms with Gasteiger partial charge < -0.3 is 11.2 Å². The number of anilines is 2. The molecule has 1 rings (SSSR count). The minimum Gasteiger partial charge on any atom is -0.368 e. The number of hydrazine groups is 1. The number of nitrogens with zero attached hydrogens (tertiary/aromatic N) is 2. The molecule has 0 saturated heterocycles. The fourth-order valence-electron chi connectivity index (χ4n) is 0.602. The minimum atomic E-state index is 0. The van der Waals surface area contributed by atoms with Crippen LogP contribution in [0, 0.1) is 6.92 Å². The summed E-state index contributed by atoms with van der Waals surface area (Å²) in [5.41, 5.74) is 8.56. The zero-order valence-electron chi connectivity index (χ0n) is 6.03. The molecule has 0 saturated carbocycles. The lowest BCUT2D eigenvalue weighted by atomic mass is 10.3. The number of rotatable bonds is 1. The van der Waals surface area contributed by atoms with Gasteiger partial charge in [-0.05, 0) is 6.92 Å². The monoisotopic (exact) mass is 175 g/mol. The van der Waals surface area contributed by atoms with Crippen molar-refractivity contribution in [3.8, 4) is 0 Å². The first-order valence-corrected chi connectivity index (χ1v) is 2.80. The molecule has 1 aromatic heterocycles. The lowest BCUT2D eigenvalue weighted by molar-refractivity contribution is 1.12. The average Bonchev–Trinajstić information content (AvgIpc) is 1.94. The van der Waals surface area contributed by atoms with Crippen molar-refractivity contribution >= 4 is 24.2 Å². The van der Waals surface area contributed by atoms with Crippen molar-refractivity contribution in [2.24, 2.45) is 5.84 Å². The van der Waals surface area contributed by atoms with Gasteiger partial charge in [-0.1, -0.05) is 0 Å². The van der Waals surface area contributed by atoms with E-state index >= 15 is 0 Å². The Kier molecular flexibility index (Phi) is 3.56. The van der Waals surface area contributed by atoms with Crippen LogP contribution < -0.4 is 17.0 Å². The van der Waals surface area contributed by atoms with Crippen molar-refractivity contribution < 1.29 is 0 Å². The molecule has 0 aromatic carbocycles. The highest BCUT2D eigenvalue weighted by Crippen LogP contribution is 2.07. The molecule has 62 valence electrons. The van der Waals surface area contributed by atoms with E-state index in [-0.39, 0.29) is 18.4 Å². The summed E-state index contributed by atoms with van der Waals surface area (Å²) in [5.74, 6) is 5.91. The van der Waals surface area contributed by atoms with Crippen molar-refractivity contribution in [2.45, 2.75) is 6.92 Å². The summed E-state index contributed by atoms with van der Waals surface area (Å²) in [6.07, 6.45) is 1.61. The van der Waals surface area contributed by atoms with E-state index in [4.69, 9.17) is 11.6 Å². The van der Waals surface area contributed by atoms with Crippen LogP contribution in [0.15, 0.2) is 6.20 Å². The summed E-state index contributed by atoms with van der Waals surface area (Å²) < 4.78 is 0. The average molecular weight is 176 g/mol. The first-order valence-electron chi connectivity index (χ1n) is 2.80. The minimum absolute atomic E-state index is 0. The van der Waals surface area contributed by atoms with Crippen molar-refractivity contribution in [1.29, 1.82) is 0 Å². The molecule has 0 atom stereocenters. The summed E-state index contributed by atoms with van der Waals surface area (Å²) in [4.78, 5) is 7.58. The highest BCUT2D eigenvalue weighted by Gasteiger charge is 1.96. The van der Waals surface area contributed by atoms with Crippen molar-refractivity contribution in [2.75, 3.05) is 11.2 Å². The van der Waals surface area contributed by atoms with E-state index < -0.39 is 0 Å². The molecule has 1 aromatic rings. The molecule has 0 aliphatic rings. The smallest absolute Gasteiger partial charge is 0.221 e. The first-order chi connectivity index (χ1) is 4.74. The molecule has 0 radical (unpaired) electrons. The summed E-state index contributed by atoms with van der Waals surface area (Å²) in [6.45, 7) is 1.84. The van der Waals surface area contributed by atoms with Crippen LogP contribution in [0.5, 0.6) is 0 Å².